The minimum atomic E-state index is -0.329. The van der Waals surface area contributed by atoms with Gasteiger partial charge in [-0.05, 0) is 42.8 Å². The molecule has 1 aliphatic rings. The van der Waals surface area contributed by atoms with E-state index in [1.54, 1.807) is 13.3 Å². The molecule has 25 heavy (non-hydrogen) atoms. The van der Waals surface area contributed by atoms with Crippen LogP contribution in [0.2, 0.25) is 0 Å². The maximum Gasteiger partial charge on any atom is 0.237 e. The standard InChI is InChI=1S/C20H23N3O2/c1-3-23(12-13-25-2)16-10-8-15(9-11-16)21-14-18-17-6-4-5-7-19(17)22-20(18)24/h4-11,14,18H,3,12-13H2,1-2H3,(H,22,24). The fraction of sp³-hybridized carbons (Fsp3) is 0.300. The van der Waals surface area contributed by atoms with E-state index >= 15 is 0 Å². The molecule has 1 N–H and O–H groups in total. The topological polar surface area (TPSA) is 53.9 Å². The highest BCUT2D eigenvalue weighted by Crippen LogP contribution is 2.31. The number of nitrogens with one attached hydrogen (secondary N) is 1. The zero-order chi connectivity index (χ0) is 17.6. The molecule has 0 fully saturated rings. The van der Waals surface area contributed by atoms with E-state index in [1.807, 2.05) is 36.4 Å². The number of nitrogens with zero attached hydrogens (tertiary/aromatic N) is 2. The number of methoxy groups -OCH3 is 1. The zero-order valence-electron chi connectivity index (χ0n) is 14.6. The van der Waals surface area contributed by atoms with Gasteiger partial charge in [-0.3, -0.25) is 9.79 Å². The lowest BCUT2D eigenvalue weighted by molar-refractivity contribution is -0.115. The molecule has 2 aromatic rings. The Morgan fingerprint density at radius 2 is 1.96 bits per heavy atom. The molecule has 1 atom stereocenters. The van der Waals surface area contributed by atoms with E-state index < -0.39 is 0 Å². The monoisotopic (exact) mass is 337 g/mol. The molecule has 1 amide bonds. The van der Waals surface area contributed by atoms with Crippen molar-refractivity contribution in [1.29, 1.82) is 0 Å². The smallest absolute Gasteiger partial charge is 0.237 e. The summed E-state index contributed by atoms with van der Waals surface area (Å²) in [6, 6.07) is 15.8. The van der Waals surface area contributed by atoms with Crippen LogP contribution in [0.25, 0.3) is 0 Å². The predicted octanol–water partition coefficient (Wildman–Crippen LogP) is 3.60. The summed E-state index contributed by atoms with van der Waals surface area (Å²) in [6.07, 6.45) is 1.72. The number of amides is 1. The van der Waals surface area contributed by atoms with Gasteiger partial charge in [0, 0.05) is 37.8 Å². The minimum absolute atomic E-state index is 0.0294. The number of benzene rings is 2. The van der Waals surface area contributed by atoms with E-state index in [0.29, 0.717) is 6.61 Å². The molecule has 0 spiro atoms. The first-order chi connectivity index (χ1) is 12.2. The maximum atomic E-state index is 12.1. The van der Waals surface area contributed by atoms with E-state index in [0.717, 1.165) is 35.7 Å². The summed E-state index contributed by atoms with van der Waals surface area (Å²) >= 11 is 0. The molecule has 1 heterocycles. The van der Waals surface area contributed by atoms with Crippen LogP contribution in [0.15, 0.2) is 53.5 Å². The summed E-state index contributed by atoms with van der Waals surface area (Å²) in [5, 5.41) is 2.89. The van der Waals surface area contributed by atoms with E-state index in [1.165, 1.54) is 0 Å². The van der Waals surface area contributed by atoms with Crippen molar-refractivity contribution >= 4 is 29.2 Å². The highest BCUT2D eigenvalue weighted by atomic mass is 16.5. The third kappa shape index (κ3) is 3.88. The van der Waals surface area contributed by atoms with E-state index in [9.17, 15) is 4.79 Å². The number of anilines is 2. The number of hydrogen-bond donors (Lipinski definition) is 1. The second-order valence-corrected chi connectivity index (χ2v) is 5.92. The minimum Gasteiger partial charge on any atom is -0.383 e. The van der Waals surface area contributed by atoms with Gasteiger partial charge in [-0.15, -0.1) is 0 Å². The van der Waals surface area contributed by atoms with Crippen LogP contribution in [0.5, 0.6) is 0 Å². The molecule has 1 unspecified atom stereocenters. The number of aliphatic imine (C=N–C) groups is 1. The zero-order valence-corrected chi connectivity index (χ0v) is 14.6. The summed E-state index contributed by atoms with van der Waals surface area (Å²) < 4.78 is 5.15. The van der Waals surface area contributed by atoms with Crippen LogP contribution in [0, 0.1) is 0 Å². The Morgan fingerprint density at radius 3 is 2.68 bits per heavy atom. The van der Waals surface area contributed by atoms with Gasteiger partial charge in [0.05, 0.1) is 12.3 Å². The third-order valence-corrected chi connectivity index (χ3v) is 4.37. The van der Waals surface area contributed by atoms with Crippen molar-refractivity contribution in [2.24, 2.45) is 4.99 Å². The molecule has 130 valence electrons. The number of ether oxygens (including phenoxy) is 1. The van der Waals surface area contributed by atoms with Crippen LogP contribution in [-0.2, 0) is 9.53 Å². The van der Waals surface area contributed by atoms with E-state index in [2.05, 4.69) is 34.3 Å². The van der Waals surface area contributed by atoms with Crippen LogP contribution in [0.4, 0.5) is 17.1 Å². The first kappa shape index (κ1) is 17.2. The first-order valence-electron chi connectivity index (χ1n) is 8.51. The number of carbonyl (C=O) groups excluding carboxylic acids is 1. The quantitative estimate of drug-likeness (QED) is 0.786. The molecule has 0 aromatic heterocycles. The number of para-hydroxylation sites is 1. The number of carbonyl (C=O) groups is 1. The molecule has 0 aliphatic carbocycles. The van der Waals surface area contributed by atoms with Gasteiger partial charge in [-0.2, -0.15) is 0 Å². The molecular weight excluding hydrogens is 314 g/mol. The Labute approximate surface area is 148 Å². The second kappa shape index (κ2) is 7.94. The summed E-state index contributed by atoms with van der Waals surface area (Å²) in [7, 11) is 1.71. The highest BCUT2D eigenvalue weighted by Gasteiger charge is 2.28. The van der Waals surface area contributed by atoms with Crippen LogP contribution in [0.3, 0.4) is 0 Å². The number of likely N-dealkylation sites (N-methyl/N-ethyl adjacent to an activating group) is 1. The van der Waals surface area contributed by atoms with Crippen molar-refractivity contribution in [2.75, 3.05) is 37.0 Å². The maximum absolute atomic E-state index is 12.1. The molecular formula is C20H23N3O2. The molecule has 0 bridgehead atoms. The molecule has 3 rings (SSSR count). The summed E-state index contributed by atoms with van der Waals surface area (Å²) in [4.78, 5) is 18.9. The molecule has 0 saturated carbocycles. The largest absolute Gasteiger partial charge is 0.383 e. The number of fused-ring (bicyclic) bond motifs is 1. The third-order valence-electron chi connectivity index (χ3n) is 4.37. The predicted molar refractivity (Wildman–Crippen MR) is 102 cm³/mol. The van der Waals surface area contributed by atoms with Gasteiger partial charge in [0.15, 0.2) is 0 Å². The lowest BCUT2D eigenvalue weighted by Crippen LogP contribution is -2.26. The lowest BCUT2D eigenvalue weighted by atomic mass is 10.0. The number of rotatable bonds is 7. The average Bonchev–Trinajstić information content (AvgIpc) is 2.96. The molecule has 5 nitrogen and oxygen atoms in total. The van der Waals surface area contributed by atoms with Crippen LogP contribution in [-0.4, -0.2) is 38.9 Å². The summed E-state index contributed by atoms with van der Waals surface area (Å²) in [6.45, 7) is 4.60. The SMILES string of the molecule is CCN(CCOC)c1ccc(N=CC2C(=O)Nc3ccccc32)cc1. The van der Waals surface area contributed by atoms with E-state index in [-0.39, 0.29) is 11.8 Å². The van der Waals surface area contributed by atoms with Crippen molar-refractivity contribution in [3.63, 3.8) is 0 Å². The lowest BCUT2D eigenvalue weighted by Gasteiger charge is -2.22. The van der Waals surface area contributed by atoms with Crippen molar-refractivity contribution < 1.29 is 9.53 Å². The Morgan fingerprint density at radius 1 is 1.20 bits per heavy atom. The normalized spacial score (nSPS) is 16.1. The van der Waals surface area contributed by atoms with Gasteiger partial charge >= 0.3 is 0 Å². The second-order valence-electron chi connectivity index (χ2n) is 5.92. The highest BCUT2D eigenvalue weighted by molar-refractivity contribution is 6.12. The Balaban J connectivity index is 1.71. The Hall–Kier alpha value is -2.66. The van der Waals surface area contributed by atoms with Crippen molar-refractivity contribution in [1.82, 2.24) is 0 Å². The van der Waals surface area contributed by atoms with Crippen LogP contribution in [0.1, 0.15) is 18.4 Å². The van der Waals surface area contributed by atoms with E-state index in [4.69, 9.17) is 4.74 Å². The van der Waals surface area contributed by atoms with Gasteiger partial charge < -0.3 is 15.0 Å². The van der Waals surface area contributed by atoms with Crippen LogP contribution >= 0.6 is 0 Å². The van der Waals surface area contributed by atoms with Crippen molar-refractivity contribution in [3.05, 3.63) is 54.1 Å². The first-order valence-corrected chi connectivity index (χ1v) is 8.51. The average molecular weight is 337 g/mol. The van der Waals surface area contributed by atoms with Gasteiger partial charge in [0.25, 0.3) is 0 Å². The van der Waals surface area contributed by atoms with Gasteiger partial charge in [-0.25, -0.2) is 0 Å². The molecule has 0 radical (unpaired) electrons. The van der Waals surface area contributed by atoms with Gasteiger partial charge in [-0.1, -0.05) is 18.2 Å². The molecule has 1 aliphatic heterocycles. The summed E-state index contributed by atoms with van der Waals surface area (Å²) in [5.41, 5.74) is 3.83. The van der Waals surface area contributed by atoms with Crippen molar-refractivity contribution in [3.8, 4) is 0 Å². The van der Waals surface area contributed by atoms with Gasteiger partial charge in [0.1, 0.15) is 5.92 Å². The molecule has 2 aromatic carbocycles. The van der Waals surface area contributed by atoms with Gasteiger partial charge in [0.2, 0.25) is 5.91 Å². The van der Waals surface area contributed by atoms with Crippen LogP contribution < -0.4 is 10.2 Å². The molecule has 0 saturated heterocycles. The van der Waals surface area contributed by atoms with Crippen molar-refractivity contribution in [2.45, 2.75) is 12.8 Å². The fourth-order valence-electron chi connectivity index (χ4n) is 2.96. The number of hydrogen-bond acceptors (Lipinski definition) is 4. The molecule has 5 heteroatoms. The Bertz CT molecular complexity index is 756. The summed E-state index contributed by atoms with van der Waals surface area (Å²) in [5.74, 6) is -0.358. The Kier molecular flexibility index (Phi) is 5.46. The fourth-order valence-corrected chi connectivity index (χ4v) is 2.96.